The Hall–Kier alpha value is -2.28. The van der Waals surface area contributed by atoms with Crippen LogP contribution in [-0.4, -0.2) is 7.11 Å². The predicted molar refractivity (Wildman–Crippen MR) is 134 cm³/mol. The highest BCUT2D eigenvalue weighted by molar-refractivity contribution is 9.10. The van der Waals surface area contributed by atoms with E-state index in [4.69, 9.17) is 32.7 Å². The number of anilines is 1. The molecular formula is C26H20BrCl2F2NO2. The molecule has 0 fully saturated rings. The molecule has 1 aliphatic carbocycles. The SMILES string of the molecule is COc1cc([C@@H]2Nc3c(F)cc(F)cc3[C@H]3C=CC[C@H]32)cc(Br)c1OCc1ccc(Cl)cc1Cl. The van der Waals surface area contributed by atoms with Gasteiger partial charge in [-0.05, 0) is 69.7 Å². The van der Waals surface area contributed by atoms with Crippen LogP contribution in [0.5, 0.6) is 11.5 Å². The summed E-state index contributed by atoms with van der Waals surface area (Å²) < 4.78 is 41.0. The largest absolute Gasteiger partial charge is 0.493 e. The highest BCUT2D eigenvalue weighted by Crippen LogP contribution is 2.52. The van der Waals surface area contributed by atoms with E-state index in [1.807, 2.05) is 24.3 Å². The van der Waals surface area contributed by atoms with E-state index in [2.05, 4.69) is 27.3 Å². The first-order valence-electron chi connectivity index (χ1n) is 10.7. The molecular weight excluding hydrogens is 547 g/mol. The Bertz CT molecular complexity index is 1300. The van der Waals surface area contributed by atoms with Gasteiger partial charge in [-0.2, -0.15) is 0 Å². The molecule has 0 spiro atoms. The number of nitrogens with one attached hydrogen (secondary N) is 1. The number of rotatable bonds is 5. The van der Waals surface area contributed by atoms with Gasteiger partial charge in [0.1, 0.15) is 18.2 Å². The molecule has 0 saturated carbocycles. The third kappa shape index (κ3) is 4.28. The van der Waals surface area contributed by atoms with Crippen molar-refractivity contribution in [2.45, 2.75) is 25.0 Å². The number of ether oxygens (including phenoxy) is 2. The zero-order valence-corrected chi connectivity index (χ0v) is 21.1. The molecule has 0 aromatic heterocycles. The van der Waals surface area contributed by atoms with Crippen molar-refractivity contribution in [3.63, 3.8) is 0 Å². The van der Waals surface area contributed by atoms with Crippen molar-refractivity contribution >= 4 is 44.8 Å². The van der Waals surface area contributed by atoms with Crippen molar-refractivity contribution in [3.05, 3.63) is 97.5 Å². The fraction of sp³-hybridized carbons (Fsp3) is 0.231. The van der Waals surface area contributed by atoms with Crippen molar-refractivity contribution in [2.24, 2.45) is 5.92 Å². The lowest BCUT2D eigenvalue weighted by atomic mass is 9.77. The number of hydrogen-bond donors (Lipinski definition) is 1. The van der Waals surface area contributed by atoms with E-state index in [9.17, 15) is 8.78 Å². The summed E-state index contributed by atoms with van der Waals surface area (Å²) in [5, 5.41) is 4.39. The van der Waals surface area contributed by atoms with Gasteiger partial charge in [0.05, 0.1) is 23.3 Å². The molecule has 3 atom stereocenters. The van der Waals surface area contributed by atoms with E-state index in [-0.39, 0.29) is 24.5 Å². The molecule has 0 bridgehead atoms. The quantitative estimate of drug-likeness (QED) is 0.314. The Morgan fingerprint density at radius 1 is 1.12 bits per heavy atom. The highest BCUT2D eigenvalue weighted by Gasteiger charge is 2.39. The van der Waals surface area contributed by atoms with Crippen LogP contribution in [0.1, 0.15) is 35.1 Å². The highest BCUT2D eigenvalue weighted by atomic mass is 79.9. The summed E-state index contributed by atoms with van der Waals surface area (Å²) in [5.74, 6) is -0.0528. The van der Waals surface area contributed by atoms with Crippen LogP contribution >= 0.6 is 39.1 Å². The van der Waals surface area contributed by atoms with Crippen LogP contribution in [0.2, 0.25) is 10.0 Å². The van der Waals surface area contributed by atoms with Gasteiger partial charge in [0.25, 0.3) is 0 Å². The zero-order chi connectivity index (χ0) is 24.0. The molecule has 1 aliphatic heterocycles. The van der Waals surface area contributed by atoms with Gasteiger partial charge in [0, 0.05) is 27.6 Å². The number of methoxy groups -OCH3 is 1. The number of fused-ring (bicyclic) bond motifs is 3. The molecule has 0 amide bonds. The maximum Gasteiger partial charge on any atom is 0.175 e. The summed E-state index contributed by atoms with van der Waals surface area (Å²) in [4.78, 5) is 0. The topological polar surface area (TPSA) is 30.5 Å². The standard InChI is InChI=1S/C26H20BrCl2F2NO2/c1-33-23-8-14(7-20(27)26(23)34-12-13-5-6-15(28)9-21(13)29)24-18-4-2-3-17(18)19-10-16(30)11-22(31)25(19)32-24/h2-3,5-11,17-18,24,32H,4,12H2,1H3/t17-,18+,24-/m0/s1. The Kier molecular flexibility index (Phi) is 6.49. The molecule has 5 rings (SSSR count). The summed E-state index contributed by atoms with van der Waals surface area (Å²) in [6, 6.07) is 11.2. The van der Waals surface area contributed by atoms with Crippen LogP contribution in [0.15, 0.2) is 59.1 Å². The Morgan fingerprint density at radius 3 is 2.71 bits per heavy atom. The van der Waals surface area contributed by atoms with Crippen molar-refractivity contribution in [1.29, 1.82) is 0 Å². The molecule has 8 heteroatoms. The third-order valence-electron chi connectivity index (χ3n) is 6.38. The van der Waals surface area contributed by atoms with E-state index >= 15 is 0 Å². The first-order chi connectivity index (χ1) is 16.4. The summed E-state index contributed by atoms with van der Waals surface area (Å²) >= 11 is 15.9. The van der Waals surface area contributed by atoms with E-state index in [1.165, 1.54) is 6.07 Å². The lowest BCUT2D eigenvalue weighted by Crippen LogP contribution is -2.30. The molecule has 34 heavy (non-hydrogen) atoms. The van der Waals surface area contributed by atoms with Gasteiger partial charge in [-0.1, -0.05) is 41.4 Å². The first kappa shape index (κ1) is 23.5. The number of halogens is 5. The van der Waals surface area contributed by atoms with E-state index in [0.29, 0.717) is 37.3 Å². The fourth-order valence-corrected chi connectivity index (χ4v) is 5.84. The monoisotopic (exact) mass is 565 g/mol. The minimum absolute atomic E-state index is 0.0702. The molecule has 3 nitrogen and oxygen atoms in total. The number of allylic oxidation sites excluding steroid dienone is 2. The maximum atomic E-state index is 14.7. The molecule has 0 unspecified atom stereocenters. The fourth-order valence-electron chi connectivity index (χ4n) is 4.80. The van der Waals surface area contributed by atoms with Gasteiger partial charge in [-0.3, -0.25) is 0 Å². The van der Waals surface area contributed by atoms with Gasteiger partial charge >= 0.3 is 0 Å². The molecule has 0 radical (unpaired) electrons. The van der Waals surface area contributed by atoms with Gasteiger partial charge in [0.15, 0.2) is 11.5 Å². The van der Waals surface area contributed by atoms with Crippen LogP contribution in [0.4, 0.5) is 14.5 Å². The van der Waals surface area contributed by atoms with Gasteiger partial charge in [-0.15, -0.1) is 0 Å². The average molecular weight is 567 g/mol. The molecule has 176 valence electrons. The van der Waals surface area contributed by atoms with Gasteiger partial charge < -0.3 is 14.8 Å². The number of benzene rings is 3. The van der Waals surface area contributed by atoms with E-state index in [0.717, 1.165) is 23.6 Å². The van der Waals surface area contributed by atoms with Crippen LogP contribution in [-0.2, 0) is 6.61 Å². The van der Waals surface area contributed by atoms with Crippen LogP contribution < -0.4 is 14.8 Å². The van der Waals surface area contributed by atoms with E-state index in [1.54, 1.807) is 19.2 Å². The van der Waals surface area contributed by atoms with Crippen LogP contribution in [0, 0.1) is 17.6 Å². The normalized spacial score (nSPS) is 20.5. The third-order valence-corrected chi connectivity index (χ3v) is 7.56. The zero-order valence-electron chi connectivity index (χ0n) is 18.0. The minimum atomic E-state index is -0.593. The molecule has 0 saturated heterocycles. The molecule has 1 N–H and O–H groups in total. The van der Waals surface area contributed by atoms with Gasteiger partial charge in [-0.25, -0.2) is 8.78 Å². The molecule has 3 aromatic carbocycles. The summed E-state index contributed by atoms with van der Waals surface area (Å²) in [7, 11) is 1.57. The Morgan fingerprint density at radius 2 is 1.94 bits per heavy atom. The second kappa shape index (κ2) is 9.40. The van der Waals surface area contributed by atoms with Crippen molar-refractivity contribution in [1.82, 2.24) is 0 Å². The second-order valence-corrected chi connectivity index (χ2v) is 10.1. The lowest BCUT2D eigenvalue weighted by molar-refractivity contribution is 0.282. The summed E-state index contributed by atoms with van der Waals surface area (Å²) in [6.45, 7) is 0.227. The van der Waals surface area contributed by atoms with Crippen molar-refractivity contribution in [2.75, 3.05) is 12.4 Å². The molecule has 3 aromatic rings. The van der Waals surface area contributed by atoms with Gasteiger partial charge in [0.2, 0.25) is 0 Å². The summed E-state index contributed by atoms with van der Waals surface area (Å²) in [6.07, 6.45) is 4.91. The lowest BCUT2D eigenvalue weighted by Gasteiger charge is -2.38. The smallest absolute Gasteiger partial charge is 0.175 e. The average Bonchev–Trinajstić information content (AvgIpc) is 3.29. The van der Waals surface area contributed by atoms with Crippen molar-refractivity contribution < 1.29 is 18.3 Å². The number of hydrogen-bond acceptors (Lipinski definition) is 3. The van der Waals surface area contributed by atoms with Crippen LogP contribution in [0.25, 0.3) is 0 Å². The Labute approximate surface area is 214 Å². The Balaban J connectivity index is 1.47. The molecule has 2 aliphatic rings. The van der Waals surface area contributed by atoms with E-state index < -0.39 is 11.6 Å². The first-order valence-corrected chi connectivity index (χ1v) is 12.3. The summed E-state index contributed by atoms with van der Waals surface area (Å²) in [5.41, 5.74) is 2.69. The maximum absolute atomic E-state index is 14.7. The second-order valence-electron chi connectivity index (χ2n) is 8.39. The predicted octanol–water partition coefficient (Wildman–Crippen LogP) is 8.45. The van der Waals surface area contributed by atoms with Crippen LogP contribution in [0.3, 0.4) is 0 Å². The molecule has 1 heterocycles. The minimum Gasteiger partial charge on any atom is -0.493 e. The van der Waals surface area contributed by atoms with Crippen molar-refractivity contribution in [3.8, 4) is 11.5 Å².